The van der Waals surface area contributed by atoms with E-state index in [1.54, 1.807) is 19.2 Å². The summed E-state index contributed by atoms with van der Waals surface area (Å²) in [5.74, 6) is 0.921. The van der Waals surface area contributed by atoms with Crippen molar-refractivity contribution in [2.24, 2.45) is 0 Å². The molecule has 0 bridgehead atoms. The van der Waals surface area contributed by atoms with Gasteiger partial charge in [0.15, 0.2) is 11.0 Å². The number of nitrogens with one attached hydrogen (secondary N) is 1. The lowest BCUT2D eigenvalue weighted by atomic mass is 9.87. The Kier molecular flexibility index (Phi) is 7.99. The van der Waals surface area contributed by atoms with Gasteiger partial charge in [0.2, 0.25) is 5.91 Å². The van der Waals surface area contributed by atoms with Gasteiger partial charge in [0.25, 0.3) is 0 Å². The quantitative estimate of drug-likeness (QED) is 0.450. The highest BCUT2D eigenvalue weighted by atomic mass is 32.2. The fourth-order valence-electron chi connectivity index (χ4n) is 3.30. The van der Waals surface area contributed by atoms with E-state index in [1.165, 1.54) is 23.9 Å². The van der Waals surface area contributed by atoms with E-state index in [0.29, 0.717) is 22.4 Å². The number of rotatable bonds is 8. The third-order valence-electron chi connectivity index (χ3n) is 5.56. The van der Waals surface area contributed by atoms with E-state index in [0.717, 1.165) is 11.3 Å². The number of aromatic nitrogens is 3. The van der Waals surface area contributed by atoms with Crippen LogP contribution < -0.4 is 10.1 Å². The summed E-state index contributed by atoms with van der Waals surface area (Å²) in [6.07, 6.45) is 0. The number of amides is 1. The van der Waals surface area contributed by atoms with Crippen molar-refractivity contribution in [2.75, 3.05) is 32.3 Å². The van der Waals surface area contributed by atoms with Crippen molar-refractivity contribution in [1.29, 1.82) is 0 Å². The van der Waals surface area contributed by atoms with Crippen LogP contribution >= 0.6 is 11.8 Å². The minimum atomic E-state index is -0.320. The van der Waals surface area contributed by atoms with Crippen LogP contribution in [0.3, 0.4) is 0 Å². The first-order valence-electron chi connectivity index (χ1n) is 11.0. The van der Waals surface area contributed by atoms with Gasteiger partial charge in [-0.1, -0.05) is 38.6 Å². The van der Waals surface area contributed by atoms with Crippen molar-refractivity contribution in [3.8, 4) is 11.4 Å². The fraction of sp³-hybridized carbons (Fsp3) is 0.400. The molecule has 0 saturated carbocycles. The molecule has 9 heteroatoms. The molecule has 34 heavy (non-hydrogen) atoms. The van der Waals surface area contributed by atoms with Crippen molar-refractivity contribution >= 4 is 23.4 Å². The molecule has 1 atom stereocenters. The second-order valence-electron chi connectivity index (χ2n) is 9.29. The van der Waals surface area contributed by atoms with Crippen molar-refractivity contribution in [3.63, 3.8) is 0 Å². The second kappa shape index (κ2) is 10.6. The summed E-state index contributed by atoms with van der Waals surface area (Å²) in [5, 5.41) is 12.2. The van der Waals surface area contributed by atoms with Crippen LogP contribution in [0.4, 0.5) is 10.1 Å². The maximum Gasteiger partial charge on any atom is 0.234 e. The number of carbonyl (C=O) groups is 1. The molecule has 3 aromatic rings. The minimum absolute atomic E-state index is 0.0369. The number of nitrogens with zero attached hydrogens (tertiary/aromatic N) is 4. The first-order valence-corrected chi connectivity index (χ1v) is 12.0. The van der Waals surface area contributed by atoms with Gasteiger partial charge in [-0.25, -0.2) is 4.39 Å². The average molecular weight is 486 g/mol. The molecule has 1 aromatic heterocycles. The first kappa shape index (κ1) is 25.7. The molecule has 1 amide bonds. The van der Waals surface area contributed by atoms with Gasteiger partial charge in [-0.2, -0.15) is 0 Å². The van der Waals surface area contributed by atoms with E-state index >= 15 is 0 Å². The van der Waals surface area contributed by atoms with E-state index in [9.17, 15) is 9.18 Å². The average Bonchev–Trinajstić information content (AvgIpc) is 3.20. The molecule has 7 nitrogen and oxygen atoms in total. The van der Waals surface area contributed by atoms with E-state index in [-0.39, 0.29) is 28.9 Å². The number of methoxy groups -OCH3 is 1. The molecule has 182 valence electrons. The van der Waals surface area contributed by atoms with Crippen LogP contribution in [0.1, 0.15) is 45.1 Å². The van der Waals surface area contributed by atoms with E-state index in [4.69, 9.17) is 4.74 Å². The zero-order chi connectivity index (χ0) is 25.0. The SMILES string of the molecule is COc1ccc(C(C)(C)C)cc1NC(=O)CSc1nnc([C@@H](C)N(C)C)n1-c1ccc(F)cc1. The van der Waals surface area contributed by atoms with Gasteiger partial charge in [0.1, 0.15) is 11.6 Å². The maximum atomic E-state index is 13.5. The smallest absolute Gasteiger partial charge is 0.234 e. The van der Waals surface area contributed by atoms with Crippen LogP contribution in [-0.4, -0.2) is 52.5 Å². The molecular formula is C25H32FN5O2S. The lowest BCUT2D eigenvalue weighted by Crippen LogP contribution is -2.21. The highest BCUT2D eigenvalue weighted by Crippen LogP contribution is 2.32. The standard InChI is InChI=1S/C25H32FN5O2S/c1-16(30(5)6)23-28-29-24(31(23)19-11-9-18(26)10-12-19)34-15-22(32)27-20-14-17(25(2,3)4)8-13-21(20)33-7/h8-14,16H,15H2,1-7H3,(H,27,32)/t16-/m1/s1. The minimum Gasteiger partial charge on any atom is -0.495 e. The largest absolute Gasteiger partial charge is 0.495 e. The van der Waals surface area contributed by atoms with Gasteiger partial charge >= 0.3 is 0 Å². The summed E-state index contributed by atoms with van der Waals surface area (Å²) < 4.78 is 20.8. The van der Waals surface area contributed by atoms with Crippen LogP contribution in [0, 0.1) is 5.82 Å². The predicted octanol–water partition coefficient (Wildman–Crippen LogP) is 5.07. The van der Waals surface area contributed by atoms with Crippen molar-refractivity contribution < 1.29 is 13.9 Å². The predicted molar refractivity (Wildman–Crippen MR) is 134 cm³/mol. The molecule has 0 fully saturated rings. The summed E-state index contributed by atoms with van der Waals surface area (Å²) in [6, 6.07) is 11.9. The molecule has 0 aliphatic rings. The van der Waals surface area contributed by atoms with Crippen molar-refractivity contribution in [3.05, 3.63) is 59.7 Å². The molecule has 0 saturated heterocycles. The molecule has 0 aliphatic heterocycles. The topological polar surface area (TPSA) is 72.3 Å². The zero-order valence-electron chi connectivity index (χ0n) is 20.7. The van der Waals surface area contributed by atoms with Crippen molar-refractivity contribution in [2.45, 2.75) is 44.3 Å². The van der Waals surface area contributed by atoms with Crippen LogP contribution in [0.25, 0.3) is 5.69 Å². The highest BCUT2D eigenvalue weighted by molar-refractivity contribution is 7.99. The van der Waals surface area contributed by atoms with Gasteiger partial charge in [0.05, 0.1) is 24.6 Å². The third-order valence-corrected chi connectivity index (χ3v) is 6.49. The Morgan fingerprint density at radius 1 is 1.18 bits per heavy atom. The Hall–Kier alpha value is -2.91. The van der Waals surface area contributed by atoms with E-state index in [2.05, 4.69) is 36.3 Å². The number of ether oxygens (including phenoxy) is 1. The summed E-state index contributed by atoms with van der Waals surface area (Å²) in [5.41, 5.74) is 2.39. The molecule has 0 unspecified atom stereocenters. The Balaban J connectivity index is 1.83. The second-order valence-corrected chi connectivity index (χ2v) is 10.2. The van der Waals surface area contributed by atoms with Gasteiger partial charge in [-0.05, 0) is 68.4 Å². The number of thioether (sulfide) groups is 1. The van der Waals surface area contributed by atoms with Gasteiger partial charge < -0.3 is 10.1 Å². The Labute approximate surface area is 204 Å². The molecule has 2 aromatic carbocycles. The first-order chi connectivity index (χ1) is 16.0. The number of benzene rings is 2. The summed E-state index contributed by atoms with van der Waals surface area (Å²) >= 11 is 1.27. The maximum absolute atomic E-state index is 13.5. The summed E-state index contributed by atoms with van der Waals surface area (Å²) in [7, 11) is 5.48. The molecular weight excluding hydrogens is 453 g/mol. The van der Waals surface area contributed by atoms with Gasteiger partial charge in [-0.15, -0.1) is 10.2 Å². The highest BCUT2D eigenvalue weighted by Gasteiger charge is 2.22. The molecule has 0 aliphatic carbocycles. The monoisotopic (exact) mass is 485 g/mol. The third kappa shape index (κ3) is 5.95. The molecule has 3 rings (SSSR count). The molecule has 0 radical (unpaired) electrons. The Morgan fingerprint density at radius 2 is 1.85 bits per heavy atom. The number of hydrogen-bond acceptors (Lipinski definition) is 6. The number of carbonyl (C=O) groups excluding carboxylic acids is 1. The van der Waals surface area contributed by atoms with Gasteiger partial charge in [0, 0.05) is 5.69 Å². The Bertz CT molecular complexity index is 1140. The van der Waals surface area contributed by atoms with Crippen LogP contribution in [0.5, 0.6) is 5.75 Å². The molecule has 1 N–H and O–H groups in total. The normalized spacial score (nSPS) is 12.6. The number of halogens is 1. The van der Waals surface area contributed by atoms with E-state index < -0.39 is 0 Å². The summed E-state index contributed by atoms with van der Waals surface area (Å²) in [4.78, 5) is 14.9. The fourth-order valence-corrected chi connectivity index (χ4v) is 4.06. The zero-order valence-corrected chi connectivity index (χ0v) is 21.5. The summed E-state index contributed by atoms with van der Waals surface area (Å²) in [6.45, 7) is 8.36. The van der Waals surface area contributed by atoms with Crippen LogP contribution in [0.15, 0.2) is 47.6 Å². The van der Waals surface area contributed by atoms with Crippen LogP contribution in [-0.2, 0) is 10.2 Å². The van der Waals surface area contributed by atoms with Crippen LogP contribution in [0.2, 0.25) is 0 Å². The van der Waals surface area contributed by atoms with Gasteiger partial charge in [-0.3, -0.25) is 14.3 Å². The number of anilines is 1. The number of hydrogen-bond donors (Lipinski definition) is 1. The Morgan fingerprint density at radius 3 is 2.44 bits per heavy atom. The van der Waals surface area contributed by atoms with Crippen molar-refractivity contribution in [1.82, 2.24) is 19.7 Å². The lowest BCUT2D eigenvalue weighted by molar-refractivity contribution is -0.113. The lowest BCUT2D eigenvalue weighted by Gasteiger charge is -2.21. The van der Waals surface area contributed by atoms with E-state index in [1.807, 2.05) is 48.7 Å². The molecule has 1 heterocycles. The molecule has 0 spiro atoms.